The van der Waals surface area contributed by atoms with E-state index in [-0.39, 0.29) is 50.2 Å². The Bertz CT molecular complexity index is 2510. The van der Waals surface area contributed by atoms with Crippen molar-refractivity contribution in [2.24, 2.45) is 11.8 Å². The number of methoxy groups -OCH3 is 1. The number of carboxylic acids is 1. The van der Waals surface area contributed by atoms with Crippen molar-refractivity contribution in [1.82, 2.24) is 30.4 Å². The smallest absolute Gasteiger partial charge is 0.408 e. The number of anilines is 2. The van der Waals surface area contributed by atoms with Gasteiger partial charge in [0.2, 0.25) is 11.8 Å². The summed E-state index contributed by atoms with van der Waals surface area (Å²) in [7, 11) is 7.06. The van der Waals surface area contributed by atoms with Crippen LogP contribution in [0.15, 0.2) is 66.1 Å². The van der Waals surface area contributed by atoms with Gasteiger partial charge in [0.05, 0.1) is 31.4 Å². The topological polar surface area (TPSA) is 205 Å². The van der Waals surface area contributed by atoms with E-state index >= 15 is 0 Å². The van der Waals surface area contributed by atoms with Crippen LogP contribution < -0.4 is 30.3 Å². The molecule has 3 aliphatic rings. The maximum atomic E-state index is 15.0. The number of ether oxygens (including phenoxy) is 3. The molecule has 0 radical (unpaired) electrons. The molecule has 2 aliphatic heterocycles. The highest BCUT2D eigenvalue weighted by atomic mass is 32.1. The second-order valence-electron chi connectivity index (χ2n) is 18.9. The lowest BCUT2D eigenvalue weighted by Crippen LogP contribution is -2.56. The zero-order valence-corrected chi connectivity index (χ0v) is 40.9. The standard InChI is InChI=1S/C50H64N8O9S/c1-29(2)43(27-57(7)45(60)31-16-18-33(19-17-31)56(5)6)67-49(64)54-37-15-13-11-9-10-12-14-32-25-50(32,47(62)63)55-44(59)41-23-35(26-58(41)46(37)61)66-42-24-39(40-28-68-48(53-40)51-30(3)4)52-38-22-34(65-8)20-21-36(38)42/h12,14,16-22,24,28-30,32,35,37,41,43H,9-11,13,15,23,25-27H2,1-8H3,(H,51,53)(H,54,64)(H,55,59)(H,62,63)/b14-12-/t32?,35-,37+,41+,43-,50-/m1/s1. The largest absolute Gasteiger partial charge is 0.497 e. The number of benzene rings is 2. The van der Waals surface area contributed by atoms with E-state index in [4.69, 9.17) is 24.2 Å². The van der Waals surface area contributed by atoms with Gasteiger partial charge in [-0.3, -0.25) is 14.4 Å². The number of pyridine rings is 1. The molecule has 2 aromatic heterocycles. The first-order valence-electron chi connectivity index (χ1n) is 23.4. The number of hydrogen-bond acceptors (Lipinski definition) is 13. The van der Waals surface area contributed by atoms with Gasteiger partial charge in [0, 0.05) is 73.7 Å². The number of thiazole rings is 1. The summed E-state index contributed by atoms with van der Waals surface area (Å²) in [5.74, 6) is -2.09. The number of amides is 4. The Morgan fingerprint density at radius 2 is 1.76 bits per heavy atom. The number of nitrogens with zero attached hydrogens (tertiary/aromatic N) is 5. The van der Waals surface area contributed by atoms with Gasteiger partial charge in [-0.1, -0.05) is 38.8 Å². The number of aromatic nitrogens is 2. The Hall–Kier alpha value is -6.43. The first kappa shape index (κ1) is 49.5. The molecule has 364 valence electrons. The molecule has 4 amide bonds. The zero-order chi connectivity index (χ0) is 48.9. The van der Waals surface area contributed by atoms with Gasteiger partial charge in [0.1, 0.15) is 47.0 Å². The molecule has 1 saturated carbocycles. The zero-order valence-electron chi connectivity index (χ0n) is 40.1. The van der Waals surface area contributed by atoms with E-state index in [1.165, 1.54) is 21.1 Å². The second-order valence-corrected chi connectivity index (χ2v) is 19.7. The molecule has 6 atom stereocenters. The molecule has 1 saturated heterocycles. The summed E-state index contributed by atoms with van der Waals surface area (Å²) in [5, 5.41) is 22.7. The van der Waals surface area contributed by atoms with Crippen LogP contribution in [0.1, 0.15) is 83.0 Å². The molecule has 4 heterocycles. The van der Waals surface area contributed by atoms with E-state index in [9.17, 15) is 29.1 Å². The summed E-state index contributed by atoms with van der Waals surface area (Å²) >= 11 is 1.45. The highest BCUT2D eigenvalue weighted by Gasteiger charge is 2.61. The average molecular weight is 953 g/mol. The van der Waals surface area contributed by atoms with E-state index in [0.29, 0.717) is 52.2 Å². The molecule has 0 bridgehead atoms. The molecule has 2 aromatic carbocycles. The van der Waals surface area contributed by atoms with Crippen LogP contribution in [0.4, 0.5) is 15.6 Å². The number of rotatable bonds is 14. The Morgan fingerprint density at radius 3 is 2.46 bits per heavy atom. The van der Waals surface area contributed by atoms with Crippen molar-refractivity contribution < 1.29 is 43.3 Å². The highest BCUT2D eigenvalue weighted by Crippen LogP contribution is 2.45. The number of likely N-dealkylation sites (N-methyl/N-ethyl adjacent to an activating group) is 1. The van der Waals surface area contributed by atoms with Gasteiger partial charge >= 0.3 is 12.1 Å². The summed E-state index contributed by atoms with van der Waals surface area (Å²) in [6, 6.07) is 12.4. The van der Waals surface area contributed by atoms with Crippen molar-refractivity contribution in [3.05, 3.63) is 71.6 Å². The van der Waals surface area contributed by atoms with Crippen molar-refractivity contribution in [3.63, 3.8) is 0 Å². The maximum absolute atomic E-state index is 15.0. The fourth-order valence-corrected chi connectivity index (χ4v) is 9.59. The number of allylic oxidation sites excluding steroid dienone is 1. The molecule has 4 N–H and O–H groups in total. The molecule has 18 heteroatoms. The Labute approximate surface area is 401 Å². The van der Waals surface area contributed by atoms with Crippen LogP contribution >= 0.6 is 11.3 Å². The molecule has 1 aliphatic carbocycles. The predicted molar refractivity (Wildman–Crippen MR) is 261 cm³/mol. The lowest BCUT2D eigenvalue weighted by atomic mass is 10.0. The fourth-order valence-electron chi connectivity index (χ4n) is 8.74. The van der Waals surface area contributed by atoms with E-state index in [1.807, 2.05) is 82.4 Å². The SMILES string of the molecule is COc1ccc2c(O[C@@H]3C[C@H]4C(=O)N[C@]5(C(=O)O)CC5/C=C\CCCCC[C@H](NC(=O)O[C@H](CN(C)C(=O)c5ccc(N(C)C)cc5)C(C)C)C(=O)N4C3)cc(-c3csc(NC(C)C)n3)nc2c1. The van der Waals surface area contributed by atoms with Gasteiger partial charge in [-0.2, -0.15) is 0 Å². The average Bonchev–Trinajstić information content (AvgIpc) is 3.56. The number of carboxylic acid groups (broad SMARTS) is 1. The quantitative estimate of drug-likeness (QED) is 0.0944. The number of fused-ring (bicyclic) bond motifs is 3. The minimum absolute atomic E-state index is 0.0348. The maximum Gasteiger partial charge on any atom is 0.408 e. The third-order valence-electron chi connectivity index (χ3n) is 12.8. The van der Waals surface area contributed by atoms with Crippen LogP contribution in [0.25, 0.3) is 22.3 Å². The van der Waals surface area contributed by atoms with Crippen molar-refractivity contribution in [1.29, 1.82) is 0 Å². The summed E-state index contributed by atoms with van der Waals surface area (Å²) in [4.78, 5) is 84.0. The molecule has 2 fully saturated rings. The first-order valence-corrected chi connectivity index (χ1v) is 24.2. The monoisotopic (exact) mass is 952 g/mol. The Kier molecular flexibility index (Phi) is 15.5. The van der Waals surface area contributed by atoms with Crippen LogP contribution in [0.2, 0.25) is 0 Å². The van der Waals surface area contributed by atoms with Crippen molar-refractivity contribution in [2.75, 3.05) is 51.6 Å². The van der Waals surface area contributed by atoms with Crippen LogP contribution in [0, 0.1) is 11.8 Å². The third-order valence-corrected chi connectivity index (χ3v) is 13.6. The minimum atomic E-state index is -1.51. The van der Waals surface area contributed by atoms with E-state index in [1.54, 1.807) is 44.5 Å². The van der Waals surface area contributed by atoms with E-state index < -0.39 is 59.6 Å². The summed E-state index contributed by atoms with van der Waals surface area (Å²) in [6.07, 6.45) is 4.82. The molecule has 17 nitrogen and oxygen atoms in total. The number of alkyl carbamates (subject to hydrolysis) is 1. The molecular weight excluding hydrogens is 889 g/mol. The third kappa shape index (κ3) is 11.5. The van der Waals surface area contributed by atoms with Gasteiger partial charge in [0.15, 0.2) is 5.13 Å². The van der Waals surface area contributed by atoms with Crippen LogP contribution in [-0.4, -0.2) is 132 Å². The van der Waals surface area contributed by atoms with Crippen molar-refractivity contribution in [2.45, 2.75) is 109 Å². The predicted octanol–water partition coefficient (Wildman–Crippen LogP) is 6.97. The lowest BCUT2D eigenvalue weighted by Gasteiger charge is -2.30. The molecule has 1 unspecified atom stereocenters. The van der Waals surface area contributed by atoms with Gasteiger partial charge < -0.3 is 50.0 Å². The molecule has 0 spiro atoms. The minimum Gasteiger partial charge on any atom is -0.497 e. The number of nitrogens with one attached hydrogen (secondary N) is 3. The van der Waals surface area contributed by atoms with Gasteiger partial charge in [0.25, 0.3) is 5.91 Å². The number of hydrogen-bond donors (Lipinski definition) is 4. The summed E-state index contributed by atoms with van der Waals surface area (Å²) in [6.45, 7) is 7.89. The lowest BCUT2D eigenvalue weighted by molar-refractivity contribution is -0.145. The molecule has 7 rings (SSSR count). The molecular formula is C50H64N8O9S. The summed E-state index contributed by atoms with van der Waals surface area (Å²) in [5.41, 5.74) is 1.69. The van der Waals surface area contributed by atoms with Gasteiger partial charge in [-0.15, -0.1) is 11.3 Å². The normalized spacial score (nSPS) is 22.8. The summed E-state index contributed by atoms with van der Waals surface area (Å²) < 4.78 is 18.3. The highest BCUT2D eigenvalue weighted by molar-refractivity contribution is 7.14. The van der Waals surface area contributed by atoms with Gasteiger partial charge in [-0.25, -0.2) is 19.6 Å². The second kappa shape index (κ2) is 21.3. The van der Waals surface area contributed by atoms with Gasteiger partial charge in [-0.05, 0) is 81.8 Å². The van der Waals surface area contributed by atoms with E-state index in [0.717, 1.165) is 23.7 Å². The van der Waals surface area contributed by atoms with Crippen LogP contribution in [0.3, 0.4) is 0 Å². The van der Waals surface area contributed by atoms with Crippen molar-refractivity contribution in [3.8, 4) is 22.9 Å². The molecule has 4 aromatic rings. The van der Waals surface area contributed by atoms with Crippen LogP contribution in [0.5, 0.6) is 11.5 Å². The fraction of sp³-hybridized carbons (Fsp3) is 0.500. The van der Waals surface area contributed by atoms with Crippen LogP contribution in [-0.2, 0) is 19.1 Å². The number of carbonyl (C=O) groups is 5. The number of carbonyl (C=O) groups excluding carboxylic acids is 4. The first-order chi connectivity index (χ1) is 32.5. The molecule has 68 heavy (non-hydrogen) atoms. The Morgan fingerprint density at radius 1 is 1.00 bits per heavy atom. The number of aliphatic carboxylic acids is 1. The van der Waals surface area contributed by atoms with Crippen molar-refractivity contribution >= 4 is 62.8 Å². The Balaban J connectivity index is 1.15. The van der Waals surface area contributed by atoms with E-state index in [2.05, 4.69) is 16.0 Å².